The molecule has 0 aromatic heterocycles. The zero-order valence-corrected chi connectivity index (χ0v) is 11.3. The number of rotatable bonds is 9. The Bertz CT molecular complexity index is 390. The minimum absolute atomic E-state index is 0.0143. The zero-order valence-electron chi connectivity index (χ0n) is 11.3. The molecule has 1 aromatic rings. The van der Waals surface area contributed by atoms with Gasteiger partial charge in [-0.15, -0.1) is 13.2 Å². The molecular weight excluding hydrogens is 236 g/mol. The van der Waals surface area contributed by atoms with Crippen LogP contribution in [-0.4, -0.2) is 37.0 Å². The van der Waals surface area contributed by atoms with E-state index in [2.05, 4.69) is 23.4 Å². The Hall–Kier alpha value is -1.87. The number of hydrogen-bond donors (Lipinski definition) is 1. The van der Waals surface area contributed by atoms with E-state index in [-0.39, 0.29) is 5.91 Å². The predicted molar refractivity (Wildman–Crippen MR) is 80.2 cm³/mol. The highest BCUT2D eigenvalue weighted by atomic mass is 16.1. The summed E-state index contributed by atoms with van der Waals surface area (Å²) in [5, 5.41) is 2.92. The van der Waals surface area contributed by atoms with E-state index < -0.39 is 0 Å². The minimum atomic E-state index is -0.0143. The van der Waals surface area contributed by atoms with E-state index >= 15 is 0 Å². The Morgan fingerprint density at radius 3 is 2.37 bits per heavy atom. The molecule has 3 heteroatoms. The first kappa shape index (κ1) is 15.2. The van der Waals surface area contributed by atoms with Crippen molar-refractivity contribution in [1.82, 2.24) is 10.2 Å². The number of amides is 1. The smallest absolute Gasteiger partial charge is 0.251 e. The van der Waals surface area contributed by atoms with Crippen LogP contribution in [0.3, 0.4) is 0 Å². The maximum atomic E-state index is 11.8. The van der Waals surface area contributed by atoms with E-state index in [0.29, 0.717) is 12.1 Å². The maximum Gasteiger partial charge on any atom is 0.251 e. The van der Waals surface area contributed by atoms with Gasteiger partial charge in [-0.25, -0.2) is 0 Å². The highest BCUT2D eigenvalue weighted by Crippen LogP contribution is 1.98. The Morgan fingerprint density at radius 2 is 1.79 bits per heavy atom. The molecule has 0 bridgehead atoms. The molecule has 0 saturated heterocycles. The summed E-state index contributed by atoms with van der Waals surface area (Å²) in [5.74, 6) is -0.0143. The van der Waals surface area contributed by atoms with Gasteiger partial charge in [0, 0.05) is 31.7 Å². The maximum absolute atomic E-state index is 11.8. The van der Waals surface area contributed by atoms with Crippen molar-refractivity contribution in [2.45, 2.75) is 6.42 Å². The van der Waals surface area contributed by atoms with Gasteiger partial charge in [0.2, 0.25) is 0 Å². The molecule has 0 heterocycles. The lowest BCUT2D eigenvalue weighted by atomic mass is 10.2. The standard InChI is InChI=1S/C16H22N2O/c1-3-12-18(13-4-2)14-8-11-17-16(19)15-9-6-5-7-10-15/h3-7,9-10H,1-2,8,11-14H2,(H,17,19). The normalized spacial score (nSPS) is 10.2. The second kappa shape index (κ2) is 9.11. The lowest BCUT2D eigenvalue weighted by Gasteiger charge is -2.18. The van der Waals surface area contributed by atoms with Crippen molar-refractivity contribution >= 4 is 5.91 Å². The molecule has 102 valence electrons. The highest BCUT2D eigenvalue weighted by molar-refractivity contribution is 5.94. The second-order valence-electron chi connectivity index (χ2n) is 4.31. The molecule has 0 fully saturated rings. The van der Waals surface area contributed by atoms with Crippen LogP contribution in [0.1, 0.15) is 16.8 Å². The largest absolute Gasteiger partial charge is 0.352 e. The fourth-order valence-corrected chi connectivity index (χ4v) is 1.82. The van der Waals surface area contributed by atoms with Gasteiger partial charge >= 0.3 is 0 Å². The number of nitrogens with zero attached hydrogens (tertiary/aromatic N) is 1. The van der Waals surface area contributed by atoms with Crippen LogP contribution in [0.25, 0.3) is 0 Å². The van der Waals surface area contributed by atoms with Crippen molar-refractivity contribution in [3.8, 4) is 0 Å². The van der Waals surface area contributed by atoms with Crippen molar-refractivity contribution in [3.63, 3.8) is 0 Å². The molecule has 3 nitrogen and oxygen atoms in total. The van der Waals surface area contributed by atoms with Gasteiger partial charge in [-0.3, -0.25) is 9.69 Å². The fourth-order valence-electron chi connectivity index (χ4n) is 1.82. The summed E-state index contributed by atoms with van der Waals surface area (Å²) >= 11 is 0. The Morgan fingerprint density at radius 1 is 1.16 bits per heavy atom. The van der Waals surface area contributed by atoms with Gasteiger partial charge in [0.1, 0.15) is 0 Å². The van der Waals surface area contributed by atoms with Crippen molar-refractivity contribution in [1.29, 1.82) is 0 Å². The van der Waals surface area contributed by atoms with Crippen LogP contribution >= 0.6 is 0 Å². The van der Waals surface area contributed by atoms with Crippen LogP contribution < -0.4 is 5.32 Å². The van der Waals surface area contributed by atoms with E-state index in [4.69, 9.17) is 0 Å². The van der Waals surface area contributed by atoms with Crippen molar-refractivity contribution in [2.75, 3.05) is 26.2 Å². The lowest BCUT2D eigenvalue weighted by molar-refractivity contribution is 0.0952. The Balaban J connectivity index is 2.24. The quantitative estimate of drug-likeness (QED) is 0.545. The summed E-state index contributed by atoms with van der Waals surface area (Å²) in [6.45, 7) is 10.8. The first-order chi connectivity index (χ1) is 9.27. The average Bonchev–Trinajstić information content (AvgIpc) is 2.44. The van der Waals surface area contributed by atoms with Crippen molar-refractivity contribution < 1.29 is 4.79 Å². The van der Waals surface area contributed by atoms with E-state index in [1.54, 1.807) is 0 Å². The third-order valence-corrected chi connectivity index (χ3v) is 2.75. The van der Waals surface area contributed by atoms with Gasteiger partial charge in [-0.1, -0.05) is 30.4 Å². The first-order valence-electron chi connectivity index (χ1n) is 6.55. The SMILES string of the molecule is C=CCN(CC=C)CCCNC(=O)c1ccccc1. The van der Waals surface area contributed by atoms with Crippen molar-refractivity contribution in [3.05, 3.63) is 61.2 Å². The van der Waals surface area contributed by atoms with Gasteiger partial charge in [0.25, 0.3) is 5.91 Å². The summed E-state index contributed by atoms with van der Waals surface area (Å²) in [5.41, 5.74) is 0.705. The number of carbonyl (C=O) groups is 1. The number of hydrogen-bond acceptors (Lipinski definition) is 2. The lowest BCUT2D eigenvalue weighted by Crippen LogP contribution is -2.30. The highest BCUT2D eigenvalue weighted by Gasteiger charge is 2.04. The van der Waals surface area contributed by atoms with Gasteiger partial charge in [-0.2, -0.15) is 0 Å². The van der Waals surface area contributed by atoms with E-state index in [0.717, 1.165) is 26.1 Å². The van der Waals surface area contributed by atoms with Crippen LogP contribution in [-0.2, 0) is 0 Å². The summed E-state index contributed by atoms with van der Waals surface area (Å²) < 4.78 is 0. The molecule has 0 atom stereocenters. The van der Waals surface area contributed by atoms with Crippen molar-refractivity contribution in [2.24, 2.45) is 0 Å². The van der Waals surface area contributed by atoms with Crippen LogP contribution in [0.2, 0.25) is 0 Å². The summed E-state index contributed by atoms with van der Waals surface area (Å²) in [7, 11) is 0. The van der Waals surface area contributed by atoms with E-state index in [1.165, 1.54) is 0 Å². The predicted octanol–water partition coefficient (Wildman–Crippen LogP) is 2.48. The third kappa shape index (κ3) is 6.02. The first-order valence-corrected chi connectivity index (χ1v) is 6.55. The zero-order chi connectivity index (χ0) is 13.9. The summed E-state index contributed by atoms with van der Waals surface area (Å²) in [6, 6.07) is 9.27. The van der Waals surface area contributed by atoms with Gasteiger partial charge < -0.3 is 5.32 Å². The fraction of sp³-hybridized carbons (Fsp3) is 0.312. The monoisotopic (exact) mass is 258 g/mol. The number of nitrogens with one attached hydrogen (secondary N) is 1. The molecule has 1 N–H and O–H groups in total. The minimum Gasteiger partial charge on any atom is -0.352 e. The van der Waals surface area contributed by atoms with Gasteiger partial charge in [-0.05, 0) is 18.6 Å². The van der Waals surface area contributed by atoms with Crippen LogP contribution in [0.5, 0.6) is 0 Å². The molecule has 0 saturated carbocycles. The Kier molecular flexibility index (Phi) is 7.28. The average molecular weight is 258 g/mol. The number of benzene rings is 1. The molecule has 0 aliphatic rings. The molecule has 0 aliphatic heterocycles. The summed E-state index contributed by atoms with van der Waals surface area (Å²) in [4.78, 5) is 14.0. The Labute approximate surface area is 115 Å². The molecule has 0 radical (unpaired) electrons. The molecule has 0 aliphatic carbocycles. The molecule has 1 amide bonds. The van der Waals surface area contributed by atoms with Gasteiger partial charge in [0.15, 0.2) is 0 Å². The van der Waals surface area contributed by atoms with E-state index in [9.17, 15) is 4.79 Å². The number of carbonyl (C=O) groups excluding carboxylic acids is 1. The topological polar surface area (TPSA) is 32.3 Å². The van der Waals surface area contributed by atoms with Crippen LogP contribution in [0.15, 0.2) is 55.6 Å². The van der Waals surface area contributed by atoms with Crippen LogP contribution in [0.4, 0.5) is 0 Å². The van der Waals surface area contributed by atoms with Gasteiger partial charge in [0.05, 0.1) is 0 Å². The molecule has 0 spiro atoms. The molecule has 19 heavy (non-hydrogen) atoms. The second-order valence-corrected chi connectivity index (χ2v) is 4.31. The van der Waals surface area contributed by atoms with E-state index in [1.807, 2.05) is 42.5 Å². The molecule has 1 aromatic carbocycles. The van der Waals surface area contributed by atoms with Crippen LogP contribution in [0, 0.1) is 0 Å². The molecular formula is C16H22N2O. The molecule has 1 rings (SSSR count). The third-order valence-electron chi connectivity index (χ3n) is 2.75. The molecule has 0 unspecified atom stereocenters. The summed E-state index contributed by atoms with van der Waals surface area (Å²) in [6.07, 6.45) is 4.68.